The average Bonchev–Trinajstić information content (AvgIpc) is 3.36. The van der Waals surface area contributed by atoms with Crippen molar-refractivity contribution in [2.75, 3.05) is 39.3 Å². The molecule has 2 amide bonds. The van der Waals surface area contributed by atoms with Crippen molar-refractivity contribution in [2.24, 2.45) is 0 Å². The van der Waals surface area contributed by atoms with Crippen LogP contribution in [-0.2, 0) is 17.8 Å². The maximum atomic E-state index is 12.4. The van der Waals surface area contributed by atoms with Crippen LogP contribution in [0.3, 0.4) is 0 Å². The van der Waals surface area contributed by atoms with Crippen molar-refractivity contribution in [3.05, 3.63) is 34.3 Å². The fourth-order valence-corrected chi connectivity index (χ4v) is 3.60. The maximum absolute atomic E-state index is 12.4. The van der Waals surface area contributed by atoms with E-state index in [-0.39, 0.29) is 11.8 Å². The molecule has 0 radical (unpaired) electrons. The second kappa shape index (κ2) is 10.0. The van der Waals surface area contributed by atoms with Crippen LogP contribution >= 0.6 is 15.9 Å². The van der Waals surface area contributed by atoms with Crippen molar-refractivity contribution in [1.82, 2.24) is 24.8 Å². The van der Waals surface area contributed by atoms with Gasteiger partial charge in [-0.15, -0.1) is 0 Å². The summed E-state index contributed by atoms with van der Waals surface area (Å²) in [6, 6.07) is 3.39. The van der Waals surface area contributed by atoms with Crippen LogP contribution in [0.25, 0.3) is 0 Å². The summed E-state index contributed by atoms with van der Waals surface area (Å²) in [6.07, 6.45) is 0.816. The molecule has 0 saturated carbocycles. The molecule has 10 heteroatoms. The van der Waals surface area contributed by atoms with E-state index in [0.717, 1.165) is 13.1 Å². The second-order valence-electron chi connectivity index (χ2n) is 6.84. The Balaban J connectivity index is 1.44. The molecule has 0 bridgehead atoms. The SMILES string of the molecule is CCN(CC)C(=O)CCc1nc(CN2CCN(C(=O)c3ccc(Br)o3)CC2)no1. The van der Waals surface area contributed by atoms with Gasteiger partial charge >= 0.3 is 0 Å². The summed E-state index contributed by atoms with van der Waals surface area (Å²) >= 11 is 3.22. The van der Waals surface area contributed by atoms with Crippen LogP contribution in [0.15, 0.2) is 25.7 Å². The van der Waals surface area contributed by atoms with Crippen LogP contribution in [-0.4, -0.2) is 75.9 Å². The Morgan fingerprint density at radius 3 is 2.52 bits per heavy atom. The van der Waals surface area contributed by atoms with Crippen LogP contribution in [0.1, 0.15) is 42.5 Å². The highest BCUT2D eigenvalue weighted by Gasteiger charge is 2.25. The third kappa shape index (κ3) is 5.66. The number of carbonyl (C=O) groups is 2. The Hall–Kier alpha value is -2.20. The zero-order valence-electron chi connectivity index (χ0n) is 16.8. The second-order valence-corrected chi connectivity index (χ2v) is 7.62. The number of nitrogens with zero attached hydrogens (tertiary/aromatic N) is 5. The molecule has 1 saturated heterocycles. The monoisotopic (exact) mass is 467 g/mol. The number of halogens is 1. The summed E-state index contributed by atoms with van der Waals surface area (Å²) in [7, 11) is 0. The van der Waals surface area contributed by atoms with E-state index in [0.29, 0.717) is 67.7 Å². The first-order valence-corrected chi connectivity index (χ1v) is 10.7. The average molecular weight is 468 g/mol. The van der Waals surface area contributed by atoms with Crippen LogP contribution in [0, 0.1) is 0 Å². The molecule has 1 aliphatic heterocycles. The van der Waals surface area contributed by atoms with Gasteiger partial charge in [-0.05, 0) is 41.9 Å². The van der Waals surface area contributed by atoms with Gasteiger partial charge in [-0.3, -0.25) is 14.5 Å². The first-order valence-electron chi connectivity index (χ1n) is 9.86. The Kier molecular flexibility index (Phi) is 7.43. The molecular weight excluding hydrogens is 442 g/mol. The third-order valence-electron chi connectivity index (χ3n) is 4.99. The van der Waals surface area contributed by atoms with Crippen LogP contribution in [0.2, 0.25) is 0 Å². The lowest BCUT2D eigenvalue weighted by Crippen LogP contribution is -2.48. The van der Waals surface area contributed by atoms with E-state index in [1.54, 1.807) is 21.9 Å². The summed E-state index contributed by atoms with van der Waals surface area (Å²) < 4.78 is 11.2. The summed E-state index contributed by atoms with van der Waals surface area (Å²) in [5.74, 6) is 1.42. The van der Waals surface area contributed by atoms with Gasteiger partial charge < -0.3 is 18.7 Å². The van der Waals surface area contributed by atoms with Crippen molar-refractivity contribution in [3.8, 4) is 0 Å². The van der Waals surface area contributed by atoms with Gasteiger partial charge in [0, 0.05) is 52.1 Å². The zero-order valence-corrected chi connectivity index (χ0v) is 18.4. The molecule has 3 rings (SSSR count). The van der Waals surface area contributed by atoms with Gasteiger partial charge in [-0.1, -0.05) is 5.16 Å². The topological polar surface area (TPSA) is 95.9 Å². The lowest BCUT2D eigenvalue weighted by Gasteiger charge is -2.33. The van der Waals surface area contributed by atoms with E-state index in [4.69, 9.17) is 8.94 Å². The van der Waals surface area contributed by atoms with Crippen molar-refractivity contribution in [1.29, 1.82) is 0 Å². The van der Waals surface area contributed by atoms with Crippen LogP contribution in [0.5, 0.6) is 0 Å². The molecule has 2 aromatic heterocycles. The fraction of sp³-hybridized carbons (Fsp3) is 0.579. The molecule has 0 aliphatic carbocycles. The summed E-state index contributed by atoms with van der Waals surface area (Å²) in [4.78, 5) is 34.7. The maximum Gasteiger partial charge on any atom is 0.289 e. The standard InChI is InChI=1S/C19H26BrN5O4/c1-3-24(4-2)18(26)8-7-17-21-16(22-29-17)13-23-9-11-25(12-10-23)19(27)14-5-6-15(20)28-14/h5-6H,3-4,7-13H2,1-2H3. The molecule has 3 heterocycles. The lowest BCUT2D eigenvalue weighted by atomic mass is 10.2. The molecule has 0 spiro atoms. The number of aryl methyl sites for hydroxylation is 1. The Morgan fingerprint density at radius 2 is 1.90 bits per heavy atom. The predicted octanol–water partition coefficient (Wildman–Crippen LogP) is 2.18. The normalized spacial score (nSPS) is 14.9. The smallest absolute Gasteiger partial charge is 0.289 e. The van der Waals surface area contributed by atoms with E-state index in [2.05, 4.69) is 31.0 Å². The van der Waals surface area contributed by atoms with Gasteiger partial charge in [0.2, 0.25) is 11.8 Å². The van der Waals surface area contributed by atoms with Gasteiger partial charge in [0.15, 0.2) is 16.3 Å². The highest BCUT2D eigenvalue weighted by Crippen LogP contribution is 2.17. The molecule has 158 valence electrons. The van der Waals surface area contributed by atoms with E-state index in [1.807, 2.05) is 13.8 Å². The minimum Gasteiger partial charge on any atom is -0.444 e. The minimum absolute atomic E-state index is 0.0964. The number of furan rings is 1. The van der Waals surface area contributed by atoms with E-state index >= 15 is 0 Å². The molecule has 1 aliphatic rings. The lowest BCUT2D eigenvalue weighted by molar-refractivity contribution is -0.130. The number of aromatic nitrogens is 2. The van der Waals surface area contributed by atoms with Gasteiger partial charge in [0.1, 0.15) is 0 Å². The number of hydrogen-bond donors (Lipinski definition) is 0. The largest absolute Gasteiger partial charge is 0.444 e. The molecule has 1 fully saturated rings. The number of rotatable bonds is 8. The third-order valence-corrected chi connectivity index (χ3v) is 5.41. The number of hydrogen-bond acceptors (Lipinski definition) is 7. The number of piperazine rings is 1. The van der Waals surface area contributed by atoms with Gasteiger partial charge in [-0.2, -0.15) is 4.98 Å². The fourth-order valence-electron chi connectivity index (χ4n) is 3.30. The van der Waals surface area contributed by atoms with Crippen LogP contribution in [0.4, 0.5) is 0 Å². The molecule has 9 nitrogen and oxygen atoms in total. The first kappa shape index (κ1) is 21.5. The number of carbonyl (C=O) groups excluding carboxylic acids is 2. The molecule has 0 aromatic carbocycles. The van der Waals surface area contributed by atoms with Crippen molar-refractivity contribution in [3.63, 3.8) is 0 Å². The molecule has 0 N–H and O–H groups in total. The summed E-state index contributed by atoms with van der Waals surface area (Å²) in [5.41, 5.74) is 0. The number of amides is 2. The molecule has 0 atom stereocenters. The van der Waals surface area contributed by atoms with E-state index < -0.39 is 0 Å². The Morgan fingerprint density at radius 1 is 1.17 bits per heavy atom. The molecular formula is C19H26BrN5O4. The van der Waals surface area contributed by atoms with Crippen molar-refractivity contribution < 1.29 is 18.5 Å². The van der Waals surface area contributed by atoms with Gasteiger partial charge in [-0.25, -0.2) is 0 Å². The molecule has 29 heavy (non-hydrogen) atoms. The van der Waals surface area contributed by atoms with E-state index in [1.165, 1.54) is 0 Å². The van der Waals surface area contributed by atoms with Gasteiger partial charge in [0.25, 0.3) is 5.91 Å². The summed E-state index contributed by atoms with van der Waals surface area (Å²) in [5, 5.41) is 4.02. The highest BCUT2D eigenvalue weighted by atomic mass is 79.9. The molecule has 0 unspecified atom stereocenters. The first-order chi connectivity index (χ1) is 14.0. The Bertz CT molecular complexity index is 824. The minimum atomic E-state index is -0.102. The molecule has 2 aromatic rings. The van der Waals surface area contributed by atoms with Crippen LogP contribution < -0.4 is 0 Å². The Labute approximate surface area is 178 Å². The quantitative estimate of drug-likeness (QED) is 0.586. The van der Waals surface area contributed by atoms with E-state index in [9.17, 15) is 9.59 Å². The van der Waals surface area contributed by atoms with Crippen molar-refractivity contribution >= 4 is 27.7 Å². The highest BCUT2D eigenvalue weighted by molar-refractivity contribution is 9.10. The zero-order chi connectivity index (χ0) is 20.8. The summed E-state index contributed by atoms with van der Waals surface area (Å²) in [6.45, 7) is 8.56. The van der Waals surface area contributed by atoms with Crippen molar-refractivity contribution in [2.45, 2.75) is 33.2 Å². The predicted molar refractivity (Wildman–Crippen MR) is 108 cm³/mol. The van der Waals surface area contributed by atoms with Gasteiger partial charge in [0.05, 0.1) is 6.54 Å².